The van der Waals surface area contributed by atoms with E-state index in [0.717, 1.165) is 18.2 Å². The molecule has 144 valence electrons. The summed E-state index contributed by atoms with van der Waals surface area (Å²) in [4.78, 5) is 42.0. The molecule has 3 aromatic rings. The lowest BCUT2D eigenvalue weighted by Gasteiger charge is -2.06. The Morgan fingerprint density at radius 1 is 1.29 bits per heavy atom. The molecule has 0 fully saturated rings. The Morgan fingerprint density at radius 2 is 2.04 bits per heavy atom. The van der Waals surface area contributed by atoms with Gasteiger partial charge in [-0.2, -0.15) is 4.98 Å². The first kappa shape index (κ1) is 18.8. The standard InChI is InChI=1S/C16H13FN6O5/c1-8-5-9(2)22-16(18-8)20-14(21-22)15(25)28-7-13(24)19-12-6-10(23(26)27)3-4-11(12)17/h3-6H,7H2,1-2H3,(H,19,24). The van der Waals surface area contributed by atoms with E-state index in [9.17, 15) is 24.1 Å². The number of nitrogens with zero attached hydrogens (tertiary/aromatic N) is 5. The lowest BCUT2D eigenvalue weighted by Crippen LogP contribution is -2.22. The van der Waals surface area contributed by atoms with Gasteiger partial charge in [0.1, 0.15) is 5.82 Å². The Morgan fingerprint density at radius 3 is 2.75 bits per heavy atom. The molecule has 0 aliphatic carbocycles. The summed E-state index contributed by atoms with van der Waals surface area (Å²) in [6.07, 6.45) is 0. The maximum Gasteiger partial charge on any atom is 0.378 e. The third-order valence-corrected chi connectivity index (χ3v) is 3.57. The number of esters is 1. The Kier molecular flexibility index (Phi) is 4.94. The number of benzene rings is 1. The number of nitro benzene ring substituents is 1. The average Bonchev–Trinajstić information content (AvgIpc) is 3.05. The van der Waals surface area contributed by atoms with Crippen LogP contribution < -0.4 is 5.32 Å². The minimum absolute atomic E-state index is 0.201. The topological polar surface area (TPSA) is 142 Å². The van der Waals surface area contributed by atoms with E-state index in [1.807, 2.05) is 0 Å². The van der Waals surface area contributed by atoms with Gasteiger partial charge >= 0.3 is 5.97 Å². The second-order valence-electron chi connectivity index (χ2n) is 5.73. The predicted octanol–water partition coefficient (Wildman–Crippen LogP) is 1.58. The number of aromatic nitrogens is 4. The highest BCUT2D eigenvalue weighted by Crippen LogP contribution is 2.21. The van der Waals surface area contributed by atoms with E-state index in [0.29, 0.717) is 11.4 Å². The van der Waals surface area contributed by atoms with Crippen LogP contribution >= 0.6 is 0 Å². The zero-order chi connectivity index (χ0) is 20.4. The minimum Gasteiger partial charge on any atom is -0.450 e. The Balaban J connectivity index is 1.66. The van der Waals surface area contributed by atoms with Gasteiger partial charge in [-0.3, -0.25) is 14.9 Å². The highest BCUT2D eigenvalue weighted by molar-refractivity contribution is 5.94. The molecule has 1 amide bonds. The van der Waals surface area contributed by atoms with Crippen LogP contribution in [0.1, 0.15) is 22.0 Å². The molecule has 0 aliphatic rings. The number of ether oxygens (including phenoxy) is 1. The molecule has 0 unspecified atom stereocenters. The van der Waals surface area contributed by atoms with Gasteiger partial charge in [-0.1, -0.05) is 0 Å². The highest BCUT2D eigenvalue weighted by atomic mass is 19.1. The van der Waals surface area contributed by atoms with E-state index in [1.54, 1.807) is 19.9 Å². The van der Waals surface area contributed by atoms with E-state index >= 15 is 0 Å². The van der Waals surface area contributed by atoms with Crippen molar-refractivity contribution < 1.29 is 23.6 Å². The van der Waals surface area contributed by atoms with Crippen LogP contribution in [-0.4, -0.2) is 43.0 Å². The normalized spacial score (nSPS) is 10.7. The van der Waals surface area contributed by atoms with E-state index < -0.39 is 40.6 Å². The number of non-ortho nitro benzene ring substituents is 1. The van der Waals surface area contributed by atoms with Gasteiger partial charge in [0.2, 0.25) is 0 Å². The number of amides is 1. The Hall–Kier alpha value is -3.96. The van der Waals surface area contributed by atoms with Crippen molar-refractivity contribution in [1.29, 1.82) is 0 Å². The number of aryl methyl sites for hydroxylation is 2. The van der Waals surface area contributed by atoms with Crippen molar-refractivity contribution in [2.45, 2.75) is 13.8 Å². The second kappa shape index (κ2) is 7.34. The first-order valence-corrected chi connectivity index (χ1v) is 7.86. The maximum absolute atomic E-state index is 13.7. The van der Waals surface area contributed by atoms with Gasteiger partial charge < -0.3 is 10.1 Å². The van der Waals surface area contributed by atoms with Crippen LogP contribution in [0.2, 0.25) is 0 Å². The van der Waals surface area contributed by atoms with Crippen molar-refractivity contribution in [1.82, 2.24) is 19.6 Å². The summed E-state index contributed by atoms with van der Waals surface area (Å²) < 4.78 is 19.8. The van der Waals surface area contributed by atoms with E-state index in [1.165, 1.54) is 4.52 Å². The largest absolute Gasteiger partial charge is 0.450 e. The molecule has 0 aliphatic heterocycles. The van der Waals surface area contributed by atoms with Crippen LogP contribution in [0.4, 0.5) is 15.8 Å². The molecule has 12 heteroatoms. The number of carbonyl (C=O) groups excluding carboxylic acids is 2. The molecule has 3 rings (SSSR count). The Bertz CT molecular complexity index is 1110. The van der Waals surface area contributed by atoms with Crippen molar-refractivity contribution in [3.05, 3.63) is 57.4 Å². The summed E-state index contributed by atoms with van der Waals surface area (Å²) >= 11 is 0. The van der Waals surface area contributed by atoms with Crippen molar-refractivity contribution in [2.24, 2.45) is 0 Å². The number of nitro groups is 1. The van der Waals surface area contributed by atoms with E-state index in [-0.39, 0.29) is 11.6 Å². The molecule has 1 N–H and O–H groups in total. The van der Waals surface area contributed by atoms with Crippen molar-refractivity contribution in [2.75, 3.05) is 11.9 Å². The van der Waals surface area contributed by atoms with Gasteiger partial charge in [-0.25, -0.2) is 18.7 Å². The molecule has 0 saturated carbocycles. The summed E-state index contributed by atoms with van der Waals surface area (Å²) in [6.45, 7) is 2.76. The third kappa shape index (κ3) is 3.90. The van der Waals surface area contributed by atoms with Crippen molar-refractivity contribution >= 4 is 29.0 Å². The van der Waals surface area contributed by atoms with Gasteiger partial charge in [-0.15, -0.1) is 5.10 Å². The highest BCUT2D eigenvalue weighted by Gasteiger charge is 2.19. The van der Waals surface area contributed by atoms with Crippen LogP contribution in [0.3, 0.4) is 0 Å². The molecule has 0 radical (unpaired) electrons. The molecule has 0 atom stereocenters. The minimum atomic E-state index is -0.975. The van der Waals surface area contributed by atoms with Crippen molar-refractivity contribution in [3.63, 3.8) is 0 Å². The number of halogens is 1. The van der Waals surface area contributed by atoms with Gasteiger partial charge in [0.05, 0.1) is 10.6 Å². The van der Waals surface area contributed by atoms with Gasteiger partial charge in [0.25, 0.3) is 23.2 Å². The number of fused-ring (bicyclic) bond motifs is 1. The fourth-order valence-corrected chi connectivity index (χ4v) is 2.36. The smallest absolute Gasteiger partial charge is 0.378 e. The van der Waals surface area contributed by atoms with E-state index in [2.05, 4.69) is 20.4 Å². The fourth-order valence-electron chi connectivity index (χ4n) is 2.36. The first-order chi connectivity index (χ1) is 13.2. The molecular weight excluding hydrogens is 375 g/mol. The first-order valence-electron chi connectivity index (χ1n) is 7.86. The number of hydrogen-bond donors (Lipinski definition) is 1. The summed E-state index contributed by atoms with van der Waals surface area (Å²) in [5, 5.41) is 16.8. The second-order valence-corrected chi connectivity index (χ2v) is 5.73. The summed E-state index contributed by atoms with van der Waals surface area (Å²) in [7, 11) is 0. The quantitative estimate of drug-likeness (QED) is 0.394. The van der Waals surface area contributed by atoms with Crippen molar-refractivity contribution in [3.8, 4) is 0 Å². The summed E-state index contributed by atoms with van der Waals surface area (Å²) in [5.74, 6) is -2.83. The number of anilines is 1. The van der Waals surface area contributed by atoms with Crippen LogP contribution in [0.15, 0.2) is 24.3 Å². The van der Waals surface area contributed by atoms with Crippen LogP contribution in [0.25, 0.3) is 5.78 Å². The molecule has 28 heavy (non-hydrogen) atoms. The average molecular weight is 388 g/mol. The summed E-state index contributed by atoms with van der Waals surface area (Å²) in [6, 6.07) is 4.41. The molecule has 0 bridgehead atoms. The molecule has 2 aromatic heterocycles. The van der Waals surface area contributed by atoms with Crippen LogP contribution in [0.5, 0.6) is 0 Å². The SMILES string of the molecule is Cc1cc(C)n2nc(C(=O)OCC(=O)Nc3cc([N+](=O)[O-])ccc3F)nc2n1. The monoisotopic (exact) mass is 388 g/mol. The molecule has 1 aromatic carbocycles. The maximum atomic E-state index is 13.7. The fraction of sp³-hybridized carbons (Fsp3) is 0.188. The Labute approximate surface area is 156 Å². The lowest BCUT2D eigenvalue weighted by molar-refractivity contribution is -0.384. The molecule has 2 heterocycles. The van der Waals surface area contributed by atoms with Gasteiger partial charge in [0, 0.05) is 23.5 Å². The lowest BCUT2D eigenvalue weighted by atomic mass is 10.2. The number of nitrogens with one attached hydrogen (secondary N) is 1. The number of hydrogen-bond acceptors (Lipinski definition) is 8. The van der Waals surface area contributed by atoms with Gasteiger partial charge in [-0.05, 0) is 26.0 Å². The number of rotatable bonds is 5. The molecule has 0 spiro atoms. The number of carbonyl (C=O) groups is 2. The zero-order valence-corrected chi connectivity index (χ0v) is 14.7. The van der Waals surface area contributed by atoms with Crippen LogP contribution in [-0.2, 0) is 9.53 Å². The molecular formula is C16H13FN6O5. The van der Waals surface area contributed by atoms with Gasteiger partial charge in [0.15, 0.2) is 6.61 Å². The van der Waals surface area contributed by atoms with Crippen LogP contribution in [0, 0.1) is 29.8 Å². The third-order valence-electron chi connectivity index (χ3n) is 3.57. The predicted molar refractivity (Wildman–Crippen MR) is 92.2 cm³/mol. The molecule has 0 saturated heterocycles. The zero-order valence-electron chi connectivity index (χ0n) is 14.7. The molecule has 11 nitrogen and oxygen atoms in total. The summed E-state index contributed by atoms with van der Waals surface area (Å²) in [5.41, 5.74) is 0.584. The van der Waals surface area contributed by atoms with E-state index in [4.69, 9.17) is 4.74 Å².